The number of nitrogens with zero attached hydrogens (tertiary/aromatic N) is 1. The Hall–Kier alpha value is -2.10. The summed E-state index contributed by atoms with van der Waals surface area (Å²) in [4.78, 5) is 11.7. The lowest BCUT2D eigenvalue weighted by Crippen LogP contribution is -2.04. The van der Waals surface area contributed by atoms with Crippen LogP contribution in [0.2, 0.25) is 0 Å². The standard InChI is InChI=1S/C13H14N2O2/c1-3-17-13(16)11-8-14-15-12(11)10-6-4-9(2)5-7-10/h4-8H,3H2,1-2H3,(H,14,15). The zero-order valence-electron chi connectivity index (χ0n) is 9.86. The van der Waals surface area contributed by atoms with E-state index in [1.165, 1.54) is 11.8 Å². The van der Waals surface area contributed by atoms with E-state index in [1.54, 1.807) is 6.92 Å². The molecule has 4 heteroatoms. The van der Waals surface area contributed by atoms with Gasteiger partial charge in [0.2, 0.25) is 0 Å². The predicted octanol–water partition coefficient (Wildman–Crippen LogP) is 2.56. The largest absolute Gasteiger partial charge is 0.462 e. The van der Waals surface area contributed by atoms with Crippen LogP contribution in [-0.4, -0.2) is 22.8 Å². The molecule has 0 saturated heterocycles. The van der Waals surface area contributed by atoms with Gasteiger partial charge < -0.3 is 4.74 Å². The number of H-pyrrole nitrogens is 1. The molecule has 0 fully saturated rings. The predicted molar refractivity (Wildman–Crippen MR) is 64.7 cm³/mol. The summed E-state index contributed by atoms with van der Waals surface area (Å²) in [7, 11) is 0. The fourth-order valence-corrected chi connectivity index (χ4v) is 1.59. The summed E-state index contributed by atoms with van der Waals surface area (Å²) < 4.78 is 4.97. The molecular weight excluding hydrogens is 216 g/mol. The highest BCUT2D eigenvalue weighted by atomic mass is 16.5. The second kappa shape index (κ2) is 4.82. The molecule has 1 heterocycles. The summed E-state index contributed by atoms with van der Waals surface area (Å²) in [6, 6.07) is 7.88. The van der Waals surface area contributed by atoms with E-state index >= 15 is 0 Å². The number of aryl methyl sites for hydroxylation is 1. The number of ether oxygens (including phenoxy) is 1. The number of carbonyl (C=O) groups excluding carboxylic acids is 1. The average Bonchev–Trinajstić information content (AvgIpc) is 2.79. The third kappa shape index (κ3) is 2.36. The maximum Gasteiger partial charge on any atom is 0.341 e. The van der Waals surface area contributed by atoms with Gasteiger partial charge in [-0.05, 0) is 13.8 Å². The van der Waals surface area contributed by atoms with Gasteiger partial charge in [0.25, 0.3) is 0 Å². The van der Waals surface area contributed by atoms with Crippen LogP contribution in [0.1, 0.15) is 22.8 Å². The van der Waals surface area contributed by atoms with Crippen LogP contribution in [0.3, 0.4) is 0 Å². The van der Waals surface area contributed by atoms with E-state index in [0.717, 1.165) is 5.56 Å². The molecule has 0 spiro atoms. The summed E-state index contributed by atoms with van der Waals surface area (Å²) in [5.74, 6) is -0.350. The van der Waals surface area contributed by atoms with E-state index in [-0.39, 0.29) is 5.97 Å². The molecule has 1 aromatic heterocycles. The molecule has 0 saturated carbocycles. The van der Waals surface area contributed by atoms with Crippen LogP contribution in [0.4, 0.5) is 0 Å². The molecule has 2 aromatic rings. The molecule has 0 aliphatic carbocycles. The number of esters is 1. The van der Waals surface area contributed by atoms with Gasteiger partial charge >= 0.3 is 5.97 Å². The van der Waals surface area contributed by atoms with Crippen molar-refractivity contribution >= 4 is 5.97 Å². The monoisotopic (exact) mass is 230 g/mol. The summed E-state index contributed by atoms with van der Waals surface area (Å²) in [5, 5.41) is 6.73. The van der Waals surface area contributed by atoms with Gasteiger partial charge in [-0.15, -0.1) is 0 Å². The number of carbonyl (C=O) groups is 1. The van der Waals surface area contributed by atoms with Gasteiger partial charge in [-0.2, -0.15) is 5.10 Å². The Kier molecular flexibility index (Phi) is 3.23. The first kappa shape index (κ1) is 11.4. The van der Waals surface area contributed by atoms with E-state index in [4.69, 9.17) is 4.74 Å². The van der Waals surface area contributed by atoms with Gasteiger partial charge in [0.05, 0.1) is 18.5 Å². The molecule has 1 N–H and O–H groups in total. The van der Waals surface area contributed by atoms with Crippen molar-refractivity contribution in [2.24, 2.45) is 0 Å². The van der Waals surface area contributed by atoms with Crippen LogP contribution in [-0.2, 0) is 4.74 Å². The van der Waals surface area contributed by atoms with Crippen molar-refractivity contribution in [3.8, 4) is 11.3 Å². The first-order valence-electron chi connectivity index (χ1n) is 5.50. The van der Waals surface area contributed by atoms with Gasteiger partial charge in [-0.3, -0.25) is 5.10 Å². The molecule has 17 heavy (non-hydrogen) atoms. The lowest BCUT2D eigenvalue weighted by molar-refractivity contribution is 0.0527. The third-order valence-corrected chi connectivity index (χ3v) is 2.47. The normalized spacial score (nSPS) is 10.2. The van der Waals surface area contributed by atoms with Gasteiger partial charge in [-0.25, -0.2) is 4.79 Å². The van der Waals surface area contributed by atoms with Crippen LogP contribution >= 0.6 is 0 Å². The smallest absolute Gasteiger partial charge is 0.341 e. The van der Waals surface area contributed by atoms with Gasteiger partial charge in [0.15, 0.2) is 0 Å². The zero-order chi connectivity index (χ0) is 12.3. The number of benzene rings is 1. The summed E-state index contributed by atoms with van der Waals surface area (Å²) in [5.41, 5.74) is 3.27. The topological polar surface area (TPSA) is 55.0 Å². The number of nitrogens with one attached hydrogen (secondary N) is 1. The minimum absolute atomic E-state index is 0.350. The minimum Gasteiger partial charge on any atom is -0.462 e. The van der Waals surface area contributed by atoms with Crippen molar-refractivity contribution in [1.29, 1.82) is 0 Å². The minimum atomic E-state index is -0.350. The van der Waals surface area contributed by atoms with E-state index in [9.17, 15) is 4.79 Å². The molecular formula is C13H14N2O2. The van der Waals surface area contributed by atoms with Gasteiger partial charge in [0, 0.05) is 5.56 Å². The molecule has 0 radical (unpaired) electrons. The van der Waals surface area contributed by atoms with Crippen molar-refractivity contribution in [2.75, 3.05) is 6.61 Å². The molecule has 0 bridgehead atoms. The van der Waals surface area contributed by atoms with Crippen molar-refractivity contribution in [1.82, 2.24) is 10.2 Å². The van der Waals surface area contributed by atoms with Crippen LogP contribution in [0.15, 0.2) is 30.5 Å². The lowest BCUT2D eigenvalue weighted by atomic mass is 10.1. The van der Waals surface area contributed by atoms with Gasteiger partial charge in [0.1, 0.15) is 5.56 Å². The molecule has 1 aromatic carbocycles. The molecule has 88 valence electrons. The van der Waals surface area contributed by atoms with Crippen molar-refractivity contribution < 1.29 is 9.53 Å². The van der Waals surface area contributed by atoms with Crippen LogP contribution in [0.5, 0.6) is 0 Å². The number of aromatic nitrogens is 2. The van der Waals surface area contributed by atoms with Crippen molar-refractivity contribution in [3.63, 3.8) is 0 Å². The first-order valence-corrected chi connectivity index (χ1v) is 5.50. The molecule has 4 nitrogen and oxygen atoms in total. The highest BCUT2D eigenvalue weighted by Gasteiger charge is 2.15. The van der Waals surface area contributed by atoms with E-state index in [2.05, 4.69) is 10.2 Å². The van der Waals surface area contributed by atoms with Crippen molar-refractivity contribution in [3.05, 3.63) is 41.6 Å². The van der Waals surface area contributed by atoms with Crippen LogP contribution in [0, 0.1) is 6.92 Å². The quantitative estimate of drug-likeness (QED) is 0.824. The lowest BCUT2D eigenvalue weighted by Gasteiger charge is -2.03. The third-order valence-electron chi connectivity index (χ3n) is 2.47. The highest BCUT2D eigenvalue weighted by Crippen LogP contribution is 2.21. The Labute approximate surface area is 99.6 Å². The second-order valence-corrected chi connectivity index (χ2v) is 3.75. The number of aromatic amines is 1. The second-order valence-electron chi connectivity index (χ2n) is 3.75. The number of hydrogen-bond acceptors (Lipinski definition) is 3. The van der Waals surface area contributed by atoms with E-state index in [0.29, 0.717) is 17.9 Å². The first-order chi connectivity index (χ1) is 8.22. The Balaban J connectivity index is 2.36. The fourth-order valence-electron chi connectivity index (χ4n) is 1.59. The summed E-state index contributed by atoms with van der Waals surface area (Å²) >= 11 is 0. The number of rotatable bonds is 3. The SMILES string of the molecule is CCOC(=O)c1cn[nH]c1-c1ccc(C)cc1. The Bertz CT molecular complexity index is 514. The molecule has 0 atom stereocenters. The summed E-state index contributed by atoms with van der Waals surface area (Å²) in [6.07, 6.45) is 1.49. The maximum absolute atomic E-state index is 11.7. The maximum atomic E-state index is 11.7. The van der Waals surface area contributed by atoms with Crippen LogP contribution < -0.4 is 0 Å². The summed E-state index contributed by atoms with van der Waals surface area (Å²) in [6.45, 7) is 4.16. The Morgan fingerprint density at radius 1 is 1.35 bits per heavy atom. The Morgan fingerprint density at radius 3 is 2.71 bits per heavy atom. The fraction of sp³-hybridized carbons (Fsp3) is 0.231. The van der Waals surface area contributed by atoms with Gasteiger partial charge in [-0.1, -0.05) is 29.8 Å². The Morgan fingerprint density at radius 2 is 2.06 bits per heavy atom. The van der Waals surface area contributed by atoms with E-state index in [1.807, 2.05) is 31.2 Å². The van der Waals surface area contributed by atoms with Crippen molar-refractivity contribution in [2.45, 2.75) is 13.8 Å². The average molecular weight is 230 g/mol. The molecule has 0 aliphatic rings. The molecule has 0 unspecified atom stereocenters. The zero-order valence-corrected chi connectivity index (χ0v) is 9.86. The van der Waals surface area contributed by atoms with E-state index < -0.39 is 0 Å². The molecule has 2 rings (SSSR count). The molecule has 0 aliphatic heterocycles. The number of hydrogen-bond donors (Lipinski definition) is 1. The molecule has 0 amide bonds. The van der Waals surface area contributed by atoms with Crippen LogP contribution in [0.25, 0.3) is 11.3 Å². The highest BCUT2D eigenvalue weighted by molar-refractivity contribution is 5.95.